The van der Waals surface area contributed by atoms with E-state index in [1.165, 1.54) is 24.3 Å². The van der Waals surface area contributed by atoms with Gasteiger partial charge in [-0.15, -0.1) is 0 Å². The van der Waals surface area contributed by atoms with Crippen molar-refractivity contribution in [1.29, 1.82) is 0 Å². The Morgan fingerprint density at radius 1 is 0.625 bits per heavy atom. The minimum absolute atomic E-state index is 0.234. The van der Waals surface area contributed by atoms with Crippen LogP contribution < -0.4 is 10.6 Å². The molecular formula is C18H14F2N2O2. The van der Waals surface area contributed by atoms with Gasteiger partial charge in [0.15, 0.2) is 0 Å². The average Bonchev–Trinajstić information content (AvgIpc) is 3.08. The molecule has 4 unspecified atom stereocenters. The third-order valence-corrected chi connectivity index (χ3v) is 4.76. The lowest BCUT2D eigenvalue weighted by atomic mass is 9.84. The fourth-order valence-electron chi connectivity index (χ4n) is 3.64. The lowest BCUT2D eigenvalue weighted by Gasteiger charge is -2.15. The van der Waals surface area contributed by atoms with Gasteiger partial charge in [0.25, 0.3) is 0 Å². The topological polar surface area (TPSA) is 58.2 Å². The summed E-state index contributed by atoms with van der Waals surface area (Å²) in [6.45, 7) is 0. The molecule has 0 saturated carbocycles. The predicted molar refractivity (Wildman–Crippen MR) is 81.5 cm³/mol. The molecule has 2 saturated heterocycles. The minimum atomic E-state index is -0.571. The zero-order chi connectivity index (χ0) is 16.8. The Morgan fingerprint density at radius 2 is 0.958 bits per heavy atom. The standard InChI is InChI=1S/C18H14F2N2O2/c19-11-5-1-9(2-6-11)15-13-14(18(24)21-15)16(22-17(13)23)10-3-7-12(20)8-4-10/h1-8,13-16H,(H,21,24)(H,22,23). The van der Waals surface area contributed by atoms with Crippen LogP contribution in [0.4, 0.5) is 8.78 Å². The van der Waals surface area contributed by atoms with E-state index in [1.807, 2.05) is 0 Å². The molecule has 2 fully saturated rings. The molecule has 2 amide bonds. The zero-order valence-corrected chi connectivity index (χ0v) is 12.5. The van der Waals surface area contributed by atoms with Crippen LogP contribution >= 0.6 is 0 Å². The van der Waals surface area contributed by atoms with Crippen molar-refractivity contribution in [2.24, 2.45) is 11.8 Å². The molecule has 2 aromatic carbocycles. The van der Waals surface area contributed by atoms with Crippen molar-refractivity contribution < 1.29 is 18.4 Å². The summed E-state index contributed by atoms with van der Waals surface area (Å²) in [5.74, 6) is -2.36. The highest BCUT2D eigenvalue weighted by atomic mass is 19.1. The average molecular weight is 328 g/mol. The molecule has 0 radical (unpaired) electrons. The highest BCUT2D eigenvalue weighted by Gasteiger charge is 2.55. The van der Waals surface area contributed by atoms with Gasteiger partial charge >= 0.3 is 0 Å². The largest absolute Gasteiger partial charge is 0.348 e. The van der Waals surface area contributed by atoms with Crippen molar-refractivity contribution in [2.75, 3.05) is 0 Å². The van der Waals surface area contributed by atoms with Crippen LogP contribution in [0.5, 0.6) is 0 Å². The summed E-state index contributed by atoms with van der Waals surface area (Å²) < 4.78 is 26.2. The Kier molecular flexibility index (Phi) is 3.33. The quantitative estimate of drug-likeness (QED) is 0.888. The number of nitrogens with one attached hydrogen (secondary N) is 2. The van der Waals surface area contributed by atoms with E-state index in [0.29, 0.717) is 11.1 Å². The van der Waals surface area contributed by atoms with E-state index >= 15 is 0 Å². The predicted octanol–water partition coefficient (Wildman–Crippen LogP) is 2.24. The molecule has 122 valence electrons. The third kappa shape index (κ3) is 2.26. The molecule has 0 bridgehead atoms. The first-order chi connectivity index (χ1) is 11.5. The second-order valence-corrected chi connectivity index (χ2v) is 6.13. The summed E-state index contributed by atoms with van der Waals surface area (Å²) in [4.78, 5) is 24.9. The van der Waals surface area contributed by atoms with Crippen LogP contribution in [-0.4, -0.2) is 11.8 Å². The Labute approximate surface area is 136 Å². The molecule has 24 heavy (non-hydrogen) atoms. The van der Waals surface area contributed by atoms with Crippen molar-refractivity contribution in [3.05, 3.63) is 71.3 Å². The van der Waals surface area contributed by atoms with E-state index in [4.69, 9.17) is 0 Å². The van der Waals surface area contributed by atoms with Crippen LogP contribution in [0.15, 0.2) is 48.5 Å². The van der Waals surface area contributed by atoms with Gasteiger partial charge in [-0.1, -0.05) is 24.3 Å². The van der Waals surface area contributed by atoms with Gasteiger partial charge in [0.1, 0.15) is 11.6 Å². The van der Waals surface area contributed by atoms with E-state index in [9.17, 15) is 18.4 Å². The number of benzene rings is 2. The monoisotopic (exact) mass is 328 g/mol. The van der Waals surface area contributed by atoms with E-state index in [-0.39, 0.29) is 23.4 Å². The van der Waals surface area contributed by atoms with Gasteiger partial charge in [0.2, 0.25) is 11.8 Å². The summed E-state index contributed by atoms with van der Waals surface area (Å²) >= 11 is 0. The number of carbonyl (C=O) groups excluding carboxylic acids is 2. The SMILES string of the molecule is O=C1NC(c2ccc(F)cc2)C2C(=O)NC(c3ccc(F)cc3)C12. The van der Waals surface area contributed by atoms with Crippen LogP contribution in [0.2, 0.25) is 0 Å². The Balaban J connectivity index is 1.68. The summed E-state index contributed by atoms with van der Waals surface area (Å²) in [6, 6.07) is 10.5. The summed E-state index contributed by atoms with van der Waals surface area (Å²) in [6.07, 6.45) is 0. The molecule has 6 heteroatoms. The van der Waals surface area contributed by atoms with Crippen LogP contribution in [0.3, 0.4) is 0 Å². The summed E-state index contributed by atoms with van der Waals surface area (Å²) in [5.41, 5.74) is 1.37. The number of hydrogen-bond acceptors (Lipinski definition) is 2. The number of amides is 2. The van der Waals surface area contributed by atoms with Crippen LogP contribution in [-0.2, 0) is 9.59 Å². The fraction of sp³-hybridized carbons (Fsp3) is 0.222. The second kappa shape index (κ2) is 5.40. The number of fused-ring (bicyclic) bond motifs is 1. The molecule has 2 aromatic rings. The highest BCUT2D eigenvalue weighted by molar-refractivity contribution is 5.96. The molecule has 2 aliphatic rings. The van der Waals surface area contributed by atoms with E-state index < -0.39 is 23.9 Å². The number of carbonyl (C=O) groups is 2. The molecule has 0 spiro atoms. The lowest BCUT2D eigenvalue weighted by molar-refractivity contribution is -0.125. The maximum absolute atomic E-state index is 13.1. The van der Waals surface area contributed by atoms with Crippen molar-refractivity contribution in [1.82, 2.24) is 10.6 Å². The highest BCUT2D eigenvalue weighted by Crippen LogP contribution is 2.45. The van der Waals surface area contributed by atoms with Gasteiger partial charge < -0.3 is 10.6 Å². The van der Waals surface area contributed by atoms with Gasteiger partial charge in [-0.3, -0.25) is 9.59 Å². The van der Waals surface area contributed by atoms with Crippen molar-refractivity contribution in [3.63, 3.8) is 0 Å². The molecule has 0 aliphatic carbocycles. The van der Waals surface area contributed by atoms with Gasteiger partial charge in [-0.25, -0.2) is 8.78 Å². The Morgan fingerprint density at radius 3 is 1.29 bits per heavy atom. The van der Waals surface area contributed by atoms with Gasteiger partial charge in [-0.05, 0) is 35.4 Å². The van der Waals surface area contributed by atoms with E-state index in [0.717, 1.165) is 0 Å². The van der Waals surface area contributed by atoms with Crippen LogP contribution in [0.1, 0.15) is 23.2 Å². The number of rotatable bonds is 2. The third-order valence-electron chi connectivity index (χ3n) is 4.76. The van der Waals surface area contributed by atoms with Gasteiger partial charge in [-0.2, -0.15) is 0 Å². The maximum Gasteiger partial charge on any atom is 0.226 e. The molecule has 4 atom stereocenters. The smallest absolute Gasteiger partial charge is 0.226 e. The van der Waals surface area contributed by atoms with Crippen molar-refractivity contribution >= 4 is 11.8 Å². The first-order valence-electron chi connectivity index (χ1n) is 7.66. The Bertz CT molecular complexity index is 735. The minimum Gasteiger partial charge on any atom is -0.348 e. The molecule has 0 aromatic heterocycles. The number of halogens is 2. The normalized spacial score (nSPS) is 28.4. The van der Waals surface area contributed by atoms with Crippen molar-refractivity contribution in [3.8, 4) is 0 Å². The van der Waals surface area contributed by atoms with E-state index in [2.05, 4.69) is 10.6 Å². The fourth-order valence-corrected chi connectivity index (χ4v) is 3.64. The van der Waals surface area contributed by atoms with E-state index in [1.54, 1.807) is 24.3 Å². The molecule has 2 heterocycles. The molecule has 4 nitrogen and oxygen atoms in total. The van der Waals surface area contributed by atoms with Gasteiger partial charge in [0, 0.05) is 0 Å². The summed E-state index contributed by atoms with van der Waals surface area (Å²) in [7, 11) is 0. The molecular weight excluding hydrogens is 314 g/mol. The summed E-state index contributed by atoms with van der Waals surface area (Å²) in [5, 5.41) is 5.67. The first kappa shape index (κ1) is 14.8. The second-order valence-electron chi connectivity index (χ2n) is 6.13. The molecule has 2 aliphatic heterocycles. The van der Waals surface area contributed by atoms with Crippen LogP contribution in [0.25, 0.3) is 0 Å². The van der Waals surface area contributed by atoms with Gasteiger partial charge in [0.05, 0.1) is 23.9 Å². The lowest BCUT2D eigenvalue weighted by Crippen LogP contribution is -2.32. The Hall–Kier alpha value is -2.76. The molecule has 4 rings (SSSR count). The van der Waals surface area contributed by atoms with Crippen molar-refractivity contribution in [2.45, 2.75) is 12.1 Å². The maximum atomic E-state index is 13.1. The number of hydrogen-bond donors (Lipinski definition) is 2. The zero-order valence-electron chi connectivity index (χ0n) is 12.5. The van der Waals surface area contributed by atoms with Crippen LogP contribution in [0, 0.1) is 23.5 Å². The molecule has 2 N–H and O–H groups in total. The first-order valence-corrected chi connectivity index (χ1v) is 7.66.